The van der Waals surface area contributed by atoms with Crippen molar-refractivity contribution in [1.82, 2.24) is 10.6 Å². The Balaban J connectivity index is 4.10. The van der Waals surface area contributed by atoms with Crippen molar-refractivity contribution in [2.24, 2.45) is 0 Å². The van der Waals surface area contributed by atoms with Gasteiger partial charge in [-0.1, -0.05) is 0 Å². The molecular weight excluding hydrogens is 220 g/mol. The smallest absolute Gasteiger partial charge is 0.326 e. The van der Waals surface area contributed by atoms with Crippen LogP contribution in [0.1, 0.15) is 41.5 Å². The zero-order valence-electron chi connectivity index (χ0n) is 11.6. The van der Waals surface area contributed by atoms with Gasteiger partial charge in [0.25, 0.3) is 0 Å². The van der Waals surface area contributed by atoms with Crippen LogP contribution >= 0.6 is 0 Å². The van der Waals surface area contributed by atoms with Crippen molar-refractivity contribution in [2.45, 2.75) is 52.7 Å². The molecule has 0 aliphatic heterocycles. The van der Waals surface area contributed by atoms with Gasteiger partial charge in [-0.15, -0.1) is 0 Å². The second-order valence-electron chi connectivity index (χ2n) is 5.54. The molecule has 5 heteroatoms. The van der Waals surface area contributed by atoms with Crippen LogP contribution in [0.25, 0.3) is 0 Å². The normalized spacial score (nSPS) is 12.1. The van der Waals surface area contributed by atoms with E-state index in [2.05, 4.69) is 10.6 Å². The van der Waals surface area contributed by atoms with Crippen LogP contribution in [0.15, 0.2) is 0 Å². The van der Waals surface area contributed by atoms with Gasteiger partial charge in [0.2, 0.25) is 5.91 Å². The minimum Gasteiger partial charge on any atom is -0.459 e. The highest BCUT2D eigenvalue weighted by Crippen LogP contribution is 2.13. The van der Waals surface area contributed by atoms with Crippen LogP contribution in [0, 0.1) is 0 Å². The summed E-state index contributed by atoms with van der Waals surface area (Å²) in [7, 11) is 0. The number of carbonyl (C=O) groups excluding carboxylic acids is 2. The maximum atomic E-state index is 11.8. The van der Waals surface area contributed by atoms with Crippen molar-refractivity contribution in [3.63, 3.8) is 0 Å². The van der Waals surface area contributed by atoms with Crippen molar-refractivity contribution < 1.29 is 14.3 Å². The topological polar surface area (TPSA) is 67.4 Å². The van der Waals surface area contributed by atoms with Crippen LogP contribution in [0.3, 0.4) is 0 Å². The molecule has 17 heavy (non-hydrogen) atoms. The Labute approximate surface area is 103 Å². The summed E-state index contributed by atoms with van der Waals surface area (Å²) in [5.41, 5.74) is -1.25. The Morgan fingerprint density at radius 1 is 1.06 bits per heavy atom. The summed E-state index contributed by atoms with van der Waals surface area (Å²) < 4.78 is 5.29. The predicted molar refractivity (Wildman–Crippen MR) is 66.6 cm³/mol. The highest BCUT2D eigenvalue weighted by molar-refractivity contribution is 5.80. The Morgan fingerprint density at radius 3 is 2.00 bits per heavy atom. The van der Waals surface area contributed by atoms with Crippen LogP contribution in [-0.4, -0.2) is 36.1 Å². The van der Waals surface area contributed by atoms with Gasteiger partial charge in [0, 0.05) is 20.0 Å². The van der Waals surface area contributed by atoms with Gasteiger partial charge in [0.1, 0.15) is 11.1 Å². The molecule has 0 saturated carbocycles. The highest BCUT2D eigenvalue weighted by atomic mass is 16.6. The quantitative estimate of drug-likeness (QED) is 0.555. The lowest BCUT2D eigenvalue weighted by molar-refractivity contribution is -0.161. The molecule has 0 aliphatic rings. The van der Waals surface area contributed by atoms with Crippen LogP contribution < -0.4 is 10.6 Å². The van der Waals surface area contributed by atoms with E-state index in [4.69, 9.17) is 4.74 Å². The third-order valence-electron chi connectivity index (χ3n) is 1.98. The maximum Gasteiger partial charge on any atom is 0.326 e. The van der Waals surface area contributed by atoms with Crippen LogP contribution in [0.4, 0.5) is 0 Å². The monoisotopic (exact) mass is 244 g/mol. The van der Waals surface area contributed by atoms with Gasteiger partial charge in [0.15, 0.2) is 0 Å². The SMILES string of the molecule is CC(=O)NCCNC(C)(C)C(=O)OC(C)(C)C. The summed E-state index contributed by atoms with van der Waals surface area (Å²) in [5, 5.41) is 5.70. The fourth-order valence-corrected chi connectivity index (χ4v) is 1.09. The molecule has 0 radical (unpaired) electrons. The molecule has 0 aromatic carbocycles. The fourth-order valence-electron chi connectivity index (χ4n) is 1.09. The van der Waals surface area contributed by atoms with Crippen LogP contribution in [-0.2, 0) is 14.3 Å². The molecule has 0 heterocycles. The van der Waals surface area contributed by atoms with Crippen molar-refractivity contribution in [3.8, 4) is 0 Å². The minimum absolute atomic E-state index is 0.0816. The number of esters is 1. The van der Waals surface area contributed by atoms with Gasteiger partial charge in [-0.05, 0) is 34.6 Å². The Hall–Kier alpha value is -1.10. The van der Waals surface area contributed by atoms with E-state index in [1.807, 2.05) is 20.8 Å². The molecule has 5 nitrogen and oxygen atoms in total. The molecule has 0 spiro atoms. The average molecular weight is 244 g/mol. The lowest BCUT2D eigenvalue weighted by Crippen LogP contribution is -2.51. The van der Waals surface area contributed by atoms with Gasteiger partial charge >= 0.3 is 5.97 Å². The molecule has 100 valence electrons. The molecule has 0 bridgehead atoms. The molecule has 0 aromatic heterocycles. The molecule has 0 aliphatic carbocycles. The van der Waals surface area contributed by atoms with Gasteiger partial charge in [-0.25, -0.2) is 0 Å². The van der Waals surface area contributed by atoms with E-state index in [0.29, 0.717) is 13.1 Å². The van der Waals surface area contributed by atoms with Gasteiger partial charge in [0.05, 0.1) is 0 Å². The molecule has 1 amide bonds. The van der Waals surface area contributed by atoms with E-state index < -0.39 is 11.1 Å². The van der Waals surface area contributed by atoms with E-state index in [0.717, 1.165) is 0 Å². The molecule has 0 saturated heterocycles. The molecule has 0 unspecified atom stereocenters. The minimum atomic E-state index is -0.758. The van der Waals surface area contributed by atoms with Crippen LogP contribution in [0.5, 0.6) is 0 Å². The summed E-state index contributed by atoms with van der Waals surface area (Å²) in [6.07, 6.45) is 0. The standard InChI is InChI=1S/C12H24N2O3/c1-9(15)13-7-8-14-12(5,6)10(16)17-11(2,3)4/h14H,7-8H2,1-6H3,(H,13,15). The first-order chi connectivity index (χ1) is 7.54. The lowest BCUT2D eigenvalue weighted by Gasteiger charge is -2.29. The van der Waals surface area contributed by atoms with Crippen molar-refractivity contribution >= 4 is 11.9 Å². The molecule has 0 rings (SSSR count). The number of rotatable bonds is 5. The summed E-state index contributed by atoms with van der Waals surface area (Å²) in [5.74, 6) is -0.380. The third-order valence-corrected chi connectivity index (χ3v) is 1.98. The molecule has 0 aromatic rings. The average Bonchev–Trinajstić information content (AvgIpc) is 2.09. The number of carbonyl (C=O) groups is 2. The van der Waals surface area contributed by atoms with Crippen molar-refractivity contribution in [3.05, 3.63) is 0 Å². The van der Waals surface area contributed by atoms with Gasteiger partial charge in [-0.3, -0.25) is 9.59 Å². The highest BCUT2D eigenvalue weighted by Gasteiger charge is 2.31. The number of amides is 1. The second-order valence-corrected chi connectivity index (χ2v) is 5.54. The summed E-state index contributed by atoms with van der Waals surface area (Å²) >= 11 is 0. The maximum absolute atomic E-state index is 11.8. The molecular formula is C12H24N2O3. The van der Waals surface area contributed by atoms with E-state index in [1.165, 1.54) is 6.92 Å². The number of hydrogen-bond acceptors (Lipinski definition) is 4. The first-order valence-corrected chi connectivity index (χ1v) is 5.77. The van der Waals surface area contributed by atoms with E-state index in [9.17, 15) is 9.59 Å². The molecule has 2 N–H and O–H groups in total. The predicted octanol–water partition coefficient (Wildman–Crippen LogP) is 0.832. The lowest BCUT2D eigenvalue weighted by atomic mass is 10.1. The third kappa shape index (κ3) is 7.74. The second kappa shape index (κ2) is 6.00. The number of hydrogen-bond donors (Lipinski definition) is 2. The van der Waals surface area contributed by atoms with Gasteiger partial charge in [-0.2, -0.15) is 0 Å². The van der Waals surface area contributed by atoms with E-state index in [1.54, 1.807) is 13.8 Å². The summed E-state index contributed by atoms with van der Waals surface area (Å²) in [6, 6.07) is 0. The Bertz CT molecular complexity index is 280. The Kier molecular flexibility index (Phi) is 5.61. The van der Waals surface area contributed by atoms with Crippen molar-refractivity contribution in [2.75, 3.05) is 13.1 Å². The first kappa shape index (κ1) is 15.9. The molecule has 0 atom stereocenters. The largest absolute Gasteiger partial charge is 0.459 e. The molecule has 0 fully saturated rings. The zero-order chi connectivity index (χ0) is 13.7. The van der Waals surface area contributed by atoms with Crippen LogP contribution in [0.2, 0.25) is 0 Å². The first-order valence-electron chi connectivity index (χ1n) is 5.77. The Morgan fingerprint density at radius 2 is 1.59 bits per heavy atom. The van der Waals surface area contributed by atoms with Crippen molar-refractivity contribution in [1.29, 1.82) is 0 Å². The van der Waals surface area contributed by atoms with E-state index in [-0.39, 0.29) is 11.9 Å². The summed E-state index contributed by atoms with van der Waals surface area (Å²) in [4.78, 5) is 22.5. The summed E-state index contributed by atoms with van der Waals surface area (Å²) in [6.45, 7) is 11.5. The zero-order valence-corrected chi connectivity index (χ0v) is 11.6. The fraction of sp³-hybridized carbons (Fsp3) is 0.833. The number of nitrogens with one attached hydrogen (secondary N) is 2. The number of ether oxygens (including phenoxy) is 1. The van der Waals surface area contributed by atoms with Gasteiger partial charge < -0.3 is 15.4 Å². The van der Waals surface area contributed by atoms with E-state index >= 15 is 0 Å².